The molecule has 3 atom stereocenters. The van der Waals surface area contributed by atoms with Gasteiger partial charge in [-0.25, -0.2) is 0 Å². The van der Waals surface area contributed by atoms with Crippen LogP contribution in [0.2, 0.25) is 0 Å². The predicted octanol–water partition coefficient (Wildman–Crippen LogP) is 3.47. The molecular weight excluding hydrogens is 460 g/mol. The van der Waals surface area contributed by atoms with E-state index in [1.165, 1.54) is 0 Å². The second kappa shape index (κ2) is 12.5. The van der Waals surface area contributed by atoms with Crippen molar-refractivity contribution in [1.82, 2.24) is 14.8 Å². The third-order valence-corrected chi connectivity index (χ3v) is 6.35. The molecule has 0 spiro atoms. The largest absolute Gasteiger partial charge is 0.491 e. The molecule has 1 aliphatic rings. The molecule has 2 heterocycles. The number of amides is 3. The summed E-state index contributed by atoms with van der Waals surface area (Å²) in [6, 6.07) is 9.98. The molecule has 0 fully saturated rings. The van der Waals surface area contributed by atoms with Crippen molar-refractivity contribution >= 4 is 23.4 Å². The highest BCUT2D eigenvalue weighted by Crippen LogP contribution is 2.27. The molecule has 9 heteroatoms. The van der Waals surface area contributed by atoms with E-state index in [1.807, 2.05) is 20.8 Å². The van der Waals surface area contributed by atoms with Gasteiger partial charge in [-0.2, -0.15) is 0 Å². The molecule has 0 radical (unpaired) electrons. The van der Waals surface area contributed by atoms with Gasteiger partial charge in [-0.3, -0.25) is 19.4 Å². The molecule has 1 aromatic carbocycles. The van der Waals surface area contributed by atoms with Crippen LogP contribution >= 0.6 is 0 Å². The highest BCUT2D eigenvalue weighted by atomic mass is 16.5. The SMILES string of the molecule is CCCC(=O)Nc1ccc2c(c1)C(=O)N(C)C[C@H](OC)[C@@H](C)CN(C(=O)c1ccccn1)[C@H](C)CO2. The second-order valence-electron chi connectivity index (χ2n) is 9.28. The number of ether oxygens (including phenoxy) is 2. The summed E-state index contributed by atoms with van der Waals surface area (Å²) in [5.74, 6) is -0.221. The van der Waals surface area contributed by atoms with E-state index in [-0.39, 0.29) is 42.4 Å². The summed E-state index contributed by atoms with van der Waals surface area (Å²) in [7, 11) is 3.32. The van der Waals surface area contributed by atoms with E-state index in [9.17, 15) is 14.4 Å². The molecule has 0 saturated heterocycles. The number of hydrogen-bond acceptors (Lipinski definition) is 6. The van der Waals surface area contributed by atoms with E-state index >= 15 is 0 Å². The Labute approximate surface area is 212 Å². The van der Waals surface area contributed by atoms with Crippen LogP contribution in [-0.4, -0.2) is 78.5 Å². The number of aromatic nitrogens is 1. The summed E-state index contributed by atoms with van der Waals surface area (Å²) in [5, 5.41) is 2.84. The van der Waals surface area contributed by atoms with Crippen LogP contribution in [-0.2, 0) is 9.53 Å². The topological polar surface area (TPSA) is 101 Å². The molecule has 1 aliphatic heterocycles. The zero-order valence-electron chi connectivity index (χ0n) is 21.7. The fraction of sp³-hybridized carbons (Fsp3) is 0.481. The van der Waals surface area contributed by atoms with Crippen molar-refractivity contribution in [3.8, 4) is 5.75 Å². The number of benzene rings is 1. The number of nitrogens with zero attached hydrogens (tertiary/aromatic N) is 3. The van der Waals surface area contributed by atoms with E-state index in [4.69, 9.17) is 9.47 Å². The van der Waals surface area contributed by atoms with Gasteiger partial charge >= 0.3 is 0 Å². The molecule has 3 rings (SSSR count). The molecule has 194 valence electrons. The number of methoxy groups -OCH3 is 1. The number of rotatable bonds is 5. The number of anilines is 1. The minimum atomic E-state index is -0.304. The summed E-state index contributed by atoms with van der Waals surface area (Å²) in [5.41, 5.74) is 1.23. The normalized spacial score (nSPS) is 21.0. The highest BCUT2D eigenvalue weighted by Gasteiger charge is 2.31. The highest BCUT2D eigenvalue weighted by molar-refractivity contribution is 5.99. The quantitative estimate of drug-likeness (QED) is 0.680. The van der Waals surface area contributed by atoms with Gasteiger partial charge in [-0.1, -0.05) is 19.9 Å². The van der Waals surface area contributed by atoms with Crippen LogP contribution in [0.5, 0.6) is 5.75 Å². The van der Waals surface area contributed by atoms with Gasteiger partial charge in [0, 0.05) is 51.5 Å². The molecule has 2 aromatic rings. The summed E-state index contributed by atoms with van der Waals surface area (Å²) >= 11 is 0. The van der Waals surface area contributed by atoms with E-state index in [0.717, 1.165) is 6.42 Å². The molecule has 0 aliphatic carbocycles. The Kier molecular flexibility index (Phi) is 9.41. The van der Waals surface area contributed by atoms with Gasteiger partial charge in [-0.05, 0) is 43.7 Å². The first-order valence-corrected chi connectivity index (χ1v) is 12.3. The third-order valence-electron chi connectivity index (χ3n) is 6.35. The average Bonchev–Trinajstić information content (AvgIpc) is 2.88. The van der Waals surface area contributed by atoms with Crippen molar-refractivity contribution in [2.24, 2.45) is 5.92 Å². The minimum Gasteiger partial charge on any atom is -0.491 e. The van der Waals surface area contributed by atoms with Crippen LogP contribution < -0.4 is 10.1 Å². The third kappa shape index (κ3) is 6.60. The van der Waals surface area contributed by atoms with Gasteiger partial charge in [0.15, 0.2) is 0 Å². The molecule has 0 bridgehead atoms. The van der Waals surface area contributed by atoms with Crippen LogP contribution in [0, 0.1) is 5.92 Å². The van der Waals surface area contributed by atoms with Gasteiger partial charge < -0.3 is 24.6 Å². The van der Waals surface area contributed by atoms with E-state index < -0.39 is 0 Å². The molecule has 1 aromatic heterocycles. The zero-order valence-corrected chi connectivity index (χ0v) is 21.7. The summed E-state index contributed by atoms with van der Waals surface area (Å²) < 4.78 is 11.8. The van der Waals surface area contributed by atoms with Gasteiger partial charge in [0.25, 0.3) is 11.8 Å². The first-order chi connectivity index (χ1) is 17.2. The lowest BCUT2D eigenvalue weighted by atomic mass is 10.0. The zero-order chi connectivity index (χ0) is 26.2. The molecular formula is C27H36N4O5. The van der Waals surface area contributed by atoms with Crippen LogP contribution in [0.3, 0.4) is 0 Å². The van der Waals surface area contributed by atoms with Gasteiger partial charge in [0.05, 0.1) is 17.7 Å². The molecule has 0 unspecified atom stereocenters. The van der Waals surface area contributed by atoms with Gasteiger partial charge in [0.1, 0.15) is 18.1 Å². The van der Waals surface area contributed by atoms with Crippen LogP contribution in [0.25, 0.3) is 0 Å². The van der Waals surface area contributed by atoms with Crippen molar-refractivity contribution < 1.29 is 23.9 Å². The fourth-order valence-corrected chi connectivity index (χ4v) is 4.22. The Morgan fingerprint density at radius 3 is 2.64 bits per heavy atom. The summed E-state index contributed by atoms with van der Waals surface area (Å²) in [4.78, 5) is 46.5. The Morgan fingerprint density at radius 1 is 1.19 bits per heavy atom. The van der Waals surface area contributed by atoms with E-state index in [0.29, 0.717) is 42.2 Å². The maximum Gasteiger partial charge on any atom is 0.272 e. The van der Waals surface area contributed by atoms with Gasteiger partial charge in [-0.15, -0.1) is 0 Å². The summed E-state index contributed by atoms with van der Waals surface area (Å²) in [6.07, 6.45) is 2.41. The lowest BCUT2D eigenvalue weighted by Gasteiger charge is -2.36. The fourth-order valence-electron chi connectivity index (χ4n) is 4.22. The number of hydrogen-bond donors (Lipinski definition) is 1. The Balaban J connectivity index is 1.96. The minimum absolute atomic E-state index is 0.0704. The van der Waals surface area contributed by atoms with Crippen molar-refractivity contribution in [3.05, 3.63) is 53.9 Å². The average molecular weight is 497 g/mol. The molecule has 1 N–H and O–H groups in total. The Bertz CT molecular complexity index is 1060. The van der Waals surface area contributed by atoms with Crippen LogP contribution in [0.15, 0.2) is 42.6 Å². The number of carbonyl (C=O) groups excluding carboxylic acids is 3. The lowest BCUT2D eigenvalue weighted by Crippen LogP contribution is -2.48. The maximum absolute atomic E-state index is 13.4. The van der Waals surface area contributed by atoms with E-state index in [2.05, 4.69) is 10.3 Å². The van der Waals surface area contributed by atoms with Crippen LogP contribution in [0.1, 0.15) is 54.5 Å². The smallest absolute Gasteiger partial charge is 0.272 e. The first kappa shape index (κ1) is 27.1. The maximum atomic E-state index is 13.4. The number of carbonyl (C=O) groups is 3. The predicted molar refractivity (Wildman–Crippen MR) is 137 cm³/mol. The van der Waals surface area contributed by atoms with Crippen molar-refractivity contribution in [1.29, 1.82) is 0 Å². The number of likely N-dealkylation sites (N-methyl/N-ethyl adjacent to an activating group) is 1. The Morgan fingerprint density at radius 2 is 1.97 bits per heavy atom. The molecule has 36 heavy (non-hydrogen) atoms. The molecule has 3 amide bonds. The molecule has 0 saturated carbocycles. The number of pyridine rings is 1. The standard InChI is InChI=1S/C27H36N4O5/c1-6-9-25(32)29-20-11-12-23-21(14-20)26(33)30(4)16-24(35-5)18(2)15-31(19(3)17-36-23)27(34)22-10-7-8-13-28-22/h7-8,10-14,18-19,24H,6,9,15-17H2,1-5H3,(H,29,32)/t18-,19+,24-/m0/s1. The van der Waals surface area contributed by atoms with Crippen molar-refractivity contribution in [2.75, 3.05) is 39.2 Å². The number of nitrogens with one attached hydrogen (secondary N) is 1. The first-order valence-electron chi connectivity index (χ1n) is 12.3. The van der Waals surface area contributed by atoms with E-state index in [1.54, 1.807) is 66.6 Å². The second-order valence-corrected chi connectivity index (χ2v) is 9.28. The monoisotopic (exact) mass is 496 g/mol. The van der Waals surface area contributed by atoms with Crippen LogP contribution in [0.4, 0.5) is 5.69 Å². The lowest BCUT2D eigenvalue weighted by molar-refractivity contribution is -0.116. The number of fused-ring (bicyclic) bond motifs is 1. The molecule has 9 nitrogen and oxygen atoms in total. The van der Waals surface area contributed by atoms with Crippen molar-refractivity contribution in [2.45, 2.75) is 45.8 Å². The van der Waals surface area contributed by atoms with Gasteiger partial charge in [0.2, 0.25) is 5.91 Å². The Hall–Kier alpha value is -3.46. The van der Waals surface area contributed by atoms with Crippen molar-refractivity contribution in [3.63, 3.8) is 0 Å². The summed E-state index contributed by atoms with van der Waals surface area (Å²) in [6.45, 7) is 6.75.